The summed E-state index contributed by atoms with van der Waals surface area (Å²) in [5, 5.41) is 25.5. The fourth-order valence-electron chi connectivity index (χ4n) is 11.2. The maximum atomic E-state index is 13.8. The smallest absolute Gasteiger partial charge is 0.306 e. The van der Waals surface area contributed by atoms with Crippen molar-refractivity contribution in [2.45, 2.75) is 219 Å². The molecule has 0 aromatic carbocycles. The second-order valence-electron chi connectivity index (χ2n) is 19.5. The zero-order valence-electron chi connectivity index (χ0n) is 39.1. The van der Waals surface area contributed by atoms with Crippen molar-refractivity contribution >= 4 is 23.7 Å². The van der Waals surface area contributed by atoms with Gasteiger partial charge in [0.1, 0.15) is 18.3 Å². The van der Waals surface area contributed by atoms with E-state index in [2.05, 4.69) is 38.2 Å². The molecule has 2 saturated carbocycles. The summed E-state index contributed by atoms with van der Waals surface area (Å²) in [6.07, 6.45) is 33.8. The highest BCUT2D eigenvalue weighted by molar-refractivity contribution is 6.04. The van der Waals surface area contributed by atoms with Gasteiger partial charge in [-0.15, -0.1) is 0 Å². The number of fused-ring (bicyclic) bond motifs is 5. The Hall–Kier alpha value is -3.04. The van der Waals surface area contributed by atoms with Crippen LogP contribution in [-0.4, -0.2) is 63.4 Å². The topological polar surface area (TPSA) is 136 Å². The van der Waals surface area contributed by atoms with Gasteiger partial charge in [0, 0.05) is 55.3 Å². The Balaban J connectivity index is 1.39. The Morgan fingerprint density at radius 2 is 1.28 bits per heavy atom. The first kappa shape index (κ1) is 50.6. The lowest BCUT2D eigenvalue weighted by molar-refractivity contribution is -0.228. The number of hydrogen-bond donors (Lipinski definition) is 2. The summed E-state index contributed by atoms with van der Waals surface area (Å²) in [7, 11) is 0. The lowest BCUT2D eigenvalue weighted by atomic mass is 9.59. The van der Waals surface area contributed by atoms with Crippen molar-refractivity contribution < 1.29 is 43.6 Å². The van der Waals surface area contributed by atoms with E-state index in [1.807, 2.05) is 19.9 Å². The summed E-state index contributed by atoms with van der Waals surface area (Å²) in [5.74, 6) is -4.86. The lowest BCUT2D eigenvalue weighted by Crippen LogP contribution is -2.66. The van der Waals surface area contributed by atoms with Gasteiger partial charge in [-0.05, 0) is 63.0 Å². The number of hydrogen-bond acceptors (Lipinski definition) is 9. The summed E-state index contributed by atoms with van der Waals surface area (Å²) in [6.45, 7) is 13.0. The number of aliphatic hydroxyl groups is 2. The van der Waals surface area contributed by atoms with Crippen LogP contribution in [0.3, 0.4) is 0 Å². The number of esters is 3. The first-order valence-corrected chi connectivity index (χ1v) is 24.3. The zero-order chi connectivity index (χ0) is 44.7. The van der Waals surface area contributed by atoms with E-state index < -0.39 is 69.7 Å². The monoisotopic (exact) mass is 851 g/mol. The van der Waals surface area contributed by atoms with Crippen molar-refractivity contribution in [3.63, 3.8) is 0 Å². The van der Waals surface area contributed by atoms with Crippen LogP contribution in [0, 0.1) is 29.1 Å². The molecule has 0 aliphatic heterocycles. The van der Waals surface area contributed by atoms with Crippen LogP contribution in [0.5, 0.6) is 0 Å². The molecule has 4 aliphatic carbocycles. The van der Waals surface area contributed by atoms with Crippen molar-refractivity contribution in [3.8, 4) is 0 Å². The predicted molar refractivity (Wildman–Crippen MR) is 241 cm³/mol. The average molecular weight is 851 g/mol. The first-order valence-electron chi connectivity index (χ1n) is 24.3. The van der Waals surface area contributed by atoms with Crippen LogP contribution in [0.2, 0.25) is 0 Å². The van der Waals surface area contributed by atoms with Crippen LogP contribution in [-0.2, 0) is 33.4 Å². The SMILES string of the molecule is CCCCC/C=C\C/C=C\CCCCCCCC(=O)OCC1=C[C@H]2[C@@H]3C(C)(C)[C@]3(OC(C)=O)[C@H](OC(=O)CCCCCCCCCCC)[C@@H](C)[C@]2(O)[C@@H]2C=C(C)C(=O)[C@@]2(O)C1. The van der Waals surface area contributed by atoms with Crippen LogP contribution in [0.1, 0.15) is 196 Å². The third kappa shape index (κ3) is 12.2. The van der Waals surface area contributed by atoms with Gasteiger partial charge in [0.05, 0.1) is 5.60 Å². The quantitative estimate of drug-likeness (QED) is 0.0341. The average Bonchev–Trinajstić information content (AvgIpc) is 3.64. The Bertz CT molecular complexity index is 1590. The van der Waals surface area contributed by atoms with E-state index in [1.54, 1.807) is 19.9 Å². The molecule has 0 saturated heterocycles. The minimum atomic E-state index is -1.99. The number of carbonyl (C=O) groups excluding carboxylic acids is 4. The Morgan fingerprint density at radius 1 is 0.754 bits per heavy atom. The van der Waals surface area contributed by atoms with Crippen molar-refractivity contribution in [1.82, 2.24) is 0 Å². The van der Waals surface area contributed by atoms with Gasteiger partial charge >= 0.3 is 17.9 Å². The summed E-state index contributed by atoms with van der Waals surface area (Å²) >= 11 is 0. The molecule has 9 nitrogen and oxygen atoms in total. The van der Waals surface area contributed by atoms with Crippen LogP contribution in [0.15, 0.2) is 47.6 Å². The molecule has 0 aromatic heterocycles. The van der Waals surface area contributed by atoms with E-state index in [-0.39, 0.29) is 31.8 Å². The molecule has 8 atom stereocenters. The van der Waals surface area contributed by atoms with Gasteiger partial charge < -0.3 is 24.4 Å². The highest BCUT2D eigenvalue weighted by Gasteiger charge is 2.87. The fraction of sp³-hybridized carbons (Fsp3) is 0.769. The van der Waals surface area contributed by atoms with Crippen molar-refractivity contribution in [2.75, 3.05) is 6.61 Å². The van der Waals surface area contributed by atoms with E-state index in [0.29, 0.717) is 24.0 Å². The number of ether oxygens (including phenoxy) is 3. The van der Waals surface area contributed by atoms with Crippen LogP contribution in [0.25, 0.3) is 0 Å². The number of Topliss-reactive ketones (excluding diaryl/α,β-unsaturated/α-hetero) is 1. The molecule has 0 spiro atoms. The number of allylic oxidation sites excluding steroid dienone is 4. The molecular formula is C52H82O9. The highest BCUT2D eigenvalue weighted by Crippen LogP contribution is 2.77. The molecule has 61 heavy (non-hydrogen) atoms. The molecule has 2 N–H and O–H groups in total. The Labute approximate surface area is 368 Å². The maximum Gasteiger partial charge on any atom is 0.306 e. The Kier molecular flexibility index (Phi) is 19.6. The molecule has 9 heteroatoms. The molecule has 4 aliphatic rings. The molecular weight excluding hydrogens is 769 g/mol. The molecule has 0 unspecified atom stereocenters. The van der Waals surface area contributed by atoms with Gasteiger partial charge in [0.15, 0.2) is 11.4 Å². The normalized spacial score (nSPS) is 30.0. The van der Waals surface area contributed by atoms with Gasteiger partial charge in [-0.25, -0.2) is 0 Å². The fourth-order valence-corrected chi connectivity index (χ4v) is 11.2. The van der Waals surface area contributed by atoms with Crippen molar-refractivity contribution in [3.05, 3.63) is 47.6 Å². The molecule has 344 valence electrons. The third-order valence-corrected chi connectivity index (χ3v) is 14.6. The van der Waals surface area contributed by atoms with Gasteiger partial charge in [-0.1, -0.05) is 155 Å². The Morgan fingerprint density at radius 3 is 1.87 bits per heavy atom. The van der Waals surface area contributed by atoms with Crippen LogP contribution >= 0.6 is 0 Å². The summed E-state index contributed by atoms with van der Waals surface area (Å²) < 4.78 is 18.3. The standard InChI is InChI=1S/C52H82O9/c1-8-10-12-14-16-18-19-20-21-22-23-25-26-28-30-32-44(54)59-37-41-35-42-46-49(6,7)52(46,61-40(5)53)48(60-45(55)33-31-29-27-24-17-15-13-11-9-2)39(4)51(42,58)43-34-38(3)47(56)50(43,57)36-41/h16,18,20-21,34-35,39,42-43,46,48,57-58H,8-15,17,19,22-33,36-37H2,1-7H3/b18-16-,21-20-/t39-,42+,43-,46-,48-,50-,51-,52-/m1/s1. The van der Waals surface area contributed by atoms with Crippen LogP contribution < -0.4 is 0 Å². The van der Waals surface area contributed by atoms with Gasteiger partial charge in [0.25, 0.3) is 0 Å². The minimum absolute atomic E-state index is 0.121. The highest BCUT2D eigenvalue weighted by atomic mass is 16.6. The largest absolute Gasteiger partial charge is 0.461 e. The van der Waals surface area contributed by atoms with Gasteiger partial charge in [-0.3, -0.25) is 19.2 Å². The van der Waals surface area contributed by atoms with E-state index in [9.17, 15) is 29.4 Å². The van der Waals surface area contributed by atoms with Crippen LogP contribution in [0.4, 0.5) is 0 Å². The maximum absolute atomic E-state index is 13.8. The molecule has 2 fully saturated rings. The predicted octanol–water partition coefficient (Wildman–Crippen LogP) is 11.3. The lowest BCUT2D eigenvalue weighted by Gasteiger charge is -2.53. The summed E-state index contributed by atoms with van der Waals surface area (Å²) in [6, 6.07) is 0. The number of unbranched alkanes of at least 4 members (excludes halogenated alkanes) is 16. The molecule has 0 aromatic rings. The first-order chi connectivity index (χ1) is 29.1. The molecule has 0 heterocycles. The summed E-state index contributed by atoms with van der Waals surface area (Å²) in [4.78, 5) is 53.3. The molecule has 4 rings (SSSR count). The molecule has 0 bridgehead atoms. The van der Waals surface area contributed by atoms with E-state index in [1.165, 1.54) is 64.7 Å². The second kappa shape index (κ2) is 23.6. The van der Waals surface area contributed by atoms with Crippen molar-refractivity contribution in [1.29, 1.82) is 0 Å². The molecule has 0 radical (unpaired) electrons. The van der Waals surface area contributed by atoms with E-state index in [0.717, 1.165) is 57.8 Å². The summed E-state index contributed by atoms with van der Waals surface area (Å²) in [5.41, 5.74) is -4.87. The number of carbonyl (C=O) groups is 4. The van der Waals surface area contributed by atoms with Gasteiger partial charge in [0.2, 0.25) is 0 Å². The van der Waals surface area contributed by atoms with Gasteiger partial charge in [-0.2, -0.15) is 0 Å². The number of ketones is 1. The third-order valence-electron chi connectivity index (χ3n) is 14.6. The van der Waals surface area contributed by atoms with E-state index >= 15 is 0 Å². The van der Waals surface area contributed by atoms with Crippen molar-refractivity contribution in [2.24, 2.45) is 29.1 Å². The van der Waals surface area contributed by atoms with E-state index in [4.69, 9.17) is 14.2 Å². The number of rotatable bonds is 28. The second-order valence-corrected chi connectivity index (χ2v) is 19.5. The zero-order valence-corrected chi connectivity index (χ0v) is 39.1. The minimum Gasteiger partial charge on any atom is -0.461 e. The molecule has 0 amide bonds.